The average molecular weight is 288 g/mol. The quantitative estimate of drug-likeness (QED) is 0.862. The molecule has 1 aliphatic rings. The van der Waals surface area contributed by atoms with E-state index in [9.17, 15) is 0 Å². The van der Waals surface area contributed by atoms with Crippen LogP contribution in [-0.4, -0.2) is 25.3 Å². The Kier molecular flexibility index (Phi) is 5.31. The van der Waals surface area contributed by atoms with Crippen LogP contribution >= 0.6 is 23.2 Å². The average Bonchev–Trinajstić information content (AvgIpc) is 2.28. The minimum absolute atomic E-state index is 0.464. The van der Waals surface area contributed by atoms with Gasteiger partial charge < -0.3 is 10.1 Å². The van der Waals surface area contributed by atoms with E-state index in [1.807, 2.05) is 19.1 Å². The molecule has 0 saturated heterocycles. The third kappa shape index (κ3) is 3.86. The fourth-order valence-electron chi connectivity index (χ4n) is 2.24. The zero-order valence-corrected chi connectivity index (χ0v) is 12.1. The molecule has 0 heterocycles. The summed E-state index contributed by atoms with van der Waals surface area (Å²) in [5.74, 6) is 0. The lowest BCUT2D eigenvalue weighted by atomic mass is 9.89. The molecule has 1 N–H and O–H groups in total. The summed E-state index contributed by atoms with van der Waals surface area (Å²) in [5.41, 5.74) is 1.15. The van der Waals surface area contributed by atoms with Gasteiger partial charge in [-0.15, -0.1) is 0 Å². The normalized spacial score (nSPS) is 22.8. The second-order valence-corrected chi connectivity index (χ2v) is 5.53. The van der Waals surface area contributed by atoms with Crippen molar-refractivity contribution in [3.05, 3.63) is 33.8 Å². The van der Waals surface area contributed by atoms with E-state index in [2.05, 4.69) is 5.32 Å². The van der Waals surface area contributed by atoms with Crippen LogP contribution in [0.15, 0.2) is 18.2 Å². The molecule has 0 aliphatic heterocycles. The largest absolute Gasteiger partial charge is 0.378 e. The van der Waals surface area contributed by atoms with Crippen LogP contribution in [0.5, 0.6) is 0 Å². The molecule has 100 valence electrons. The minimum atomic E-state index is 0.464. The summed E-state index contributed by atoms with van der Waals surface area (Å²) in [6.45, 7) is 3.81. The van der Waals surface area contributed by atoms with Crippen LogP contribution in [0.4, 0.5) is 0 Å². The fraction of sp³-hybridized carbons (Fsp3) is 0.571. The van der Waals surface area contributed by atoms with Crippen LogP contribution in [0.1, 0.15) is 25.3 Å². The first-order valence-electron chi connectivity index (χ1n) is 6.48. The molecule has 2 nitrogen and oxygen atoms in total. The van der Waals surface area contributed by atoms with Crippen LogP contribution in [0.3, 0.4) is 0 Å². The number of benzene rings is 1. The van der Waals surface area contributed by atoms with Gasteiger partial charge in [-0.25, -0.2) is 0 Å². The molecule has 0 amide bonds. The molecular weight excluding hydrogens is 269 g/mol. The van der Waals surface area contributed by atoms with Gasteiger partial charge in [0.25, 0.3) is 0 Å². The van der Waals surface area contributed by atoms with Gasteiger partial charge in [-0.1, -0.05) is 29.3 Å². The number of nitrogens with one attached hydrogen (secondary N) is 1. The second kappa shape index (κ2) is 6.76. The van der Waals surface area contributed by atoms with E-state index in [-0.39, 0.29) is 0 Å². The van der Waals surface area contributed by atoms with Gasteiger partial charge in [0.2, 0.25) is 0 Å². The van der Waals surface area contributed by atoms with Gasteiger partial charge in [0.15, 0.2) is 0 Å². The van der Waals surface area contributed by atoms with E-state index in [1.54, 1.807) is 6.07 Å². The van der Waals surface area contributed by atoms with Gasteiger partial charge in [0.1, 0.15) is 0 Å². The summed E-state index contributed by atoms with van der Waals surface area (Å²) in [7, 11) is 0. The molecule has 0 unspecified atom stereocenters. The number of rotatable bonds is 6. The predicted molar refractivity (Wildman–Crippen MR) is 76.6 cm³/mol. The summed E-state index contributed by atoms with van der Waals surface area (Å²) in [4.78, 5) is 0. The Bertz CT molecular complexity index is 391. The smallest absolute Gasteiger partial charge is 0.0604 e. The maximum atomic E-state index is 6.12. The van der Waals surface area contributed by atoms with Gasteiger partial charge in [0.05, 0.1) is 6.10 Å². The van der Waals surface area contributed by atoms with Crippen LogP contribution in [0.2, 0.25) is 10.0 Å². The van der Waals surface area contributed by atoms with Crippen molar-refractivity contribution >= 4 is 23.2 Å². The third-order valence-corrected chi connectivity index (χ3v) is 3.93. The van der Waals surface area contributed by atoms with Crippen molar-refractivity contribution < 1.29 is 4.74 Å². The van der Waals surface area contributed by atoms with Crippen molar-refractivity contribution in [1.82, 2.24) is 5.32 Å². The first kappa shape index (κ1) is 14.1. The highest BCUT2D eigenvalue weighted by Crippen LogP contribution is 2.24. The third-order valence-electron chi connectivity index (χ3n) is 3.34. The van der Waals surface area contributed by atoms with Crippen molar-refractivity contribution in [2.24, 2.45) is 0 Å². The lowest BCUT2D eigenvalue weighted by Gasteiger charge is -2.35. The first-order valence-corrected chi connectivity index (χ1v) is 7.23. The van der Waals surface area contributed by atoms with Gasteiger partial charge in [-0.2, -0.15) is 0 Å². The van der Waals surface area contributed by atoms with Crippen molar-refractivity contribution in [2.45, 2.75) is 38.3 Å². The van der Waals surface area contributed by atoms with E-state index in [0.29, 0.717) is 17.2 Å². The molecule has 0 aromatic heterocycles. The Hall–Kier alpha value is -0.280. The zero-order valence-electron chi connectivity index (χ0n) is 10.6. The summed E-state index contributed by atoms with van der Waals surface area (Å²) < 4.78 is 5.53. The Labute approximate surface area is 119 Å². The number of hydrogen-bond acceptors (Lipinski definition) is 2. The highest BCUT2D eigenvalue weighted by Gasteiger charge is 2.28. The van der Waals surface area contributed by atoms with E-state index in [4.69, 9.17) is 27.9 Å². The molecule has 0 bridgehead atoms. The highest BCUT2D eigenvalue weighted by molar-refractivity contribution is 6.35. The van der Waals surface area contributed by atoms with Crippen molar-refractivity contribution in [3.63, 3.8) is 0 Å². The molecule has 1 saturated carbocycles. The molecule has 1 aromatic carbocycles. The van der Waals surface area contributed by atoms with Crippen LogP contribution < -0.4 is 5.32 Å². The Balaban J connectivity index is 1.67. The van der Waals surface area contributed by atoms with Crippen LogP contribution in [0.25, 0.3) is 0 Å². The van der Waals surface area contributed by atoms with Crippen LogP contribution in [0, 0.1) is 0 Å². The van der Waals surface area contributed by atoms with E-state index >= 15 is 0 Å². The zero-order chi connectivity index (χ0) is 13.0. The Morgan fingerprint density at radius 1 is 1.33 bits per heavy atom. The molecule has 0 spiro atoms. The lowest BCUT2D eigenvalue weighted by Crippen LogP contribution is -2.46. The van der Waals surface area contributed by atoms with E-state index < -0.39 is 0 Å². The molecule has 1 fully saturated rings. The number of ether oxygens (including phenoxy) is 1. The van der Waals surface area contributed by atoms with Crippen molar-refractivity contribution in [2.75, 3.05) is 13.2 Å². The predicted octanol–water partition coefficient (Wildman–Crippen LogP) is 3.69. The molecule has 18 heavy (non-hydrogen) atoms. The molecule has 4 heteroatoms. The van der Waals surface area contributed by atoms with Gasteiger partial charge in [-0.05, 0) is 50.4 Å². The second-order valence-electron chi connectivity index (χ2n) is 4.69. The monoisotopic (exact) mass is 287 g/mol. The maximum absolute atomic E-state index is 6.12. The summed E-state index contributed by atoms with van der Waals surface area (Å²) in [5, 5.41) is 4.97. The Morgan fingerprint density at radius 3 is 2.78 bits per heavy atom. The SMILES string of the molecule is CCOC1CC(NCCc2ccc(Cl)cc2Cl)C1. The van der Waals surface area contributed by atoms with Crippen LogP contribution in [-0.2, 0) is 11.2 Å². The molecule has 1 aliphatic carbocycles. The number of hydrogen-bond donors (Lipinski definition) is 1. The van der Waals surface area contributed by atoms with E-state index in [1.165, 1.54) is 0 Å². The summed E-state index contributed by atoms with van der Waals surface area (Å²) in [6.07, 6.45) is 3.66. The topological polar surface area (TPSA) is 21.3 Å². The summed E-state index contributed by atoms with van der Waals surface area (Å²) >= 11 is 12.0. The van der Waals surface area contributed by atoms with Crippen molar-refractivity contribution in [1.29, 1.82) is 0 Å². The summed E-state index contributed by atoms with van der Waals surface area (Å²) in [6, 6.07) is 6.29. The standard InChI is InChI=1S/C14H19Cl2NO/c1-2-18-13-8-12(9-13)17-6-5-10-3-4-11(15)7-14(10)16/h3-4,7,12-13,17H,2,5-6,8-9H2,1H3. The Morgan fingerprint density at radius 2 is 2.11 bits per heavy atom. The van der Waals surface area contributed by atoms with E-state index in [0.717, 1.165) is 43.0 Å². The van der Waals surface area contributed by atoms with Gasteiger partial charge in [-0.3, -0.25) is 0 Å². The van der Waals surface area contributed by atoms with Gasteiger partial charge in [0, 0.05) is 22.7 Å². The molecule has 0 radical (unpaired) electrons. The van der Waals surface area contributed by atoms with Gasteiger partial charge >= 0.3 is 0 Å². The minimum Gasteiger partial charge on any atom is -0.378 e. The lowest BCUT2D eigenvalue weighted by molar-refractivity contribution is -0.00960. The molecule has 2 rings (SSSR count). The molecule has 1 aromatic rings. The molecule has 0 atom stereocenters. The van der Waals surface area contributed by atoms with Crippen molar-refractivity contribution in [3.8, 4) is 0 Å². The molecular formula is C14H19Cl2NO. The highest BCUT2D eigenvalue weighted by atomic mass is 35.5. The number of halogens is 2. The fourth-order valence-corrected chi connectivity index (χ4v) is 2.74. The maximum Gasteiger partial charge on any atom is 0.0604 e. The first-order chi connectivity index (χ1) is 8.69.